The van der Waals surface area contributed by atoms with Crippen molar-refractivity contribution in [1.82, 2.24) is 4.98 Å². The van der Waals surface area contributed by atoms with Crippen LogP contribution in [0.1, 0.15) is 10.4 Å². The second kappa shape index (κ2) is 5.62. The summed E-state index contributed by atoms with van der Waals surface area (Å²) in [6.07, 6.45) is 1.39. The fourth-order valence-electron chi connectivity index (χ4n) is 1.48. The Kier molecular flexibility index (Phi) is 4.11. The number of nitrogens with one attached hydrogen (secondary N) is 1. The van der Waals surface area contributed by atoms with E-state index >= 15 is 0 Å². The zero-order valence-electron chi connectivity index (χ0n) is 9.65. The zero-order chi connectivity index (χ0) is 14.0. The van der Waals surface area contributed by atoms with Crippen LogP contribution in [-0.2, 0) is 0 Å². The van der Waals surface area contributed by atoms with Crippen LogP contribution in [0.25, 0.3) is 0 Å². The number of nitrogens with zero attached hydrogens (tertiary/aromatic N) is 1. The molecule has 2 aromatic rings. The molecule has 1 amide bonds. The van der Waals surface area contributed by atoms with Crippen molar-refractivity contribution < 1.29 is 4.79 Å². The average molecular weight is 389 g/mol. The molecule has 0 aliphatic heterocycles. The van der Waals surface area contributed by atoms with Crippen molar-refractivity contribution in [2.45, 2.75) is 0 Å². The van der Waals surface area contributed by atoms with Gasteiger partial charge in [-0.15, -0.1) is 0 Å². The molecule has 0 bridgehead atoms. The Morgan fingerprint density at radius 2 is 2.11 bits per heavy atom. The first-order valence-corrected chi connectivity index (χ1v) is 6.70. The van der Waals surface area contributed by atoms with E-state index in [0.717, 1.165) is 9.26 Å². The molecule has 5 nitrogen and oxygen atoms in total. The molecule has 5 N–H and O–H groups in total. The Balaban J connectivity index is 2.33. The van der Waals surface area contributed by atoms with Gasteiger partial charge >= 0.3 is 0 Å². The minimum absolute atomic E-state index is 0.237. The second-order valence-electron chi connectivity index (χ2n) is 3.77. The van der Waals surface area contributed by atoms with Crippen LogP contribution in [0, 0.1) is 3.57 Å². The lowest BCUT2D eigenvalue weighted by Crippen LogP contribution is -2.14. The third kappa shape index (κ3) is 3.27. The molecule has 0 unspecified atom stereocenters. The van der Waals surface area contributed by atoms with Gasteiger partial charge in [0.2, 0.25) is 0 Å². The molecule has 0 aliphatic carbocycles. The topological polar surface area (TPSA) is 94.0 Å². The number of nitrogens with two attached hydrogens (primary N) is 2. The van der Waals surface area contributed by atoms with E-state index in [4.69, 9.17) is 23.1 Å². The van der Waals surface area contributed by atoms with Gasteiger partial charge in [-0.2, -0.15) is 0 Å². The first kappa shape index (κ1) is 13.9. The number of pyridine rings is 1. The number of benzene rings is 1. The second-order valence-corrected chi connectivity index (χ2v) is 5.37. The quantitative estimate of drug-likeness (QED) is 0.705. The molecule has 1 aromatic carbocycles. The van der Waals surface area contributed by atoms with Gasteiger partial charge in [-0.25, -0.2) is 4.98 Å². The van der Waals surface area contributed by atoms with Crippen LogP contribution in [0.2, 0.25) is 5.02 Å². The van der Waals surface area contributed by atoms with E-state index in [1.807, 2.05) is 12.1 Å². The molecule has 0 spiro atoms. The summed E-state index contributed by atoms with van der Waals surface area (Å²) in [6, 6.07) is 6.92. The number of primary amides is 1. The van der Waals surface area contributed by atoms with Gasteiger partial charge in [0, 0.05) is 8.59 Å². The number of carbonyl (C=O) groups is 1. The Bertz CT molecular complexity index is 648. The number of halogens is 2. The molecule has 1 heterocycles. The SMILES string of the molecule is NC(=O)c1cc(Nc2ccc(Cl)cc2I)ncc1N. The summed E-state index contributed by atoms with van der Waals surface area (Å²) >= 11 is 8.03. The number of amides is 1. The first-order valence-electron chi connectivity index (χ1n) is 5.25. The van der Waals surface area contributed by atoms with Crippen LogP contribution in [0.4, 0.5) is 17.2 Å². The minimum atomic E-state index is -0.589. The predicted octanol–water partition coefficient (Wildman–Crippen LogP) is 2.76. The fourth-order valence-corrected chi connectivity index (χ4v) is 2.48. The van der Waals surface area contributed by atoms with Gasteiger partial charge in [-0.05, 0) is 46.9 Å². The molecule has 0 fully saturated rings. The van der Waals surface area contributed by atoms with E-state index in [2.05, 4.69) is 32.9 Å². The number of nitrogen functional groups attached to an aromatic ring is 1. The first-order chi connectivity index (χ1) is 8.97. The maximum atomic E-state index is 11.2. The highest BCUT2D eigenvalue weighted by Crippen LogP contribution is 2.25. The lowest BCUT2D eigenvalue weighted by atomic mass is 10.2. The summed E-state index contributed by atoms with van der Waals surface area (Å²) in [4.78, 5) is 15.3. The number of anilines is 3. The zero-order valence-corrected chi connectivity index (χ0v) is 12.6. The summed E-state index contributed by atoms with van der Waals surface area (Å²) in [5.41, 5.74) is 12.2. The monoisotopic (exact) mass is 388 g/mol. The smallest absolute Gasteiger partial charge is 0.250 e. The highest BCUT2D eigenvalue weighted by molar-refractivity contribution is 14.1. The summed E-state index contributed by atoms with van der Waals surface area (Å²) in [5.74, 6) is -0.100. The van der Waals surface area contributed by atoms with Gasteiger partial charge in [0.15, 0.2) is 0 Å². The lowest BCUT2D eigenvalue weighted by Gasteiger charge is -2.10. The number of carbonyl (C=O) groups excluding carboxylic acids is 1. The van der Waals surface area contributed by atoms with Gasteiger partial charge in [-0.1, -0.05) is 11.6 Å². The molecule has 0 aliphatic rings. The van der Waals surface area contributed by atoms with Crippen molar-refractivity contribution in [3.05, 3.63) is 44.6 Å². The fraction of sp³-hybridized carbons (Fsp3) is 0. The average Bonchev–Trinajstić information content (AvgIpc) is 2.34. The van der Waals surface area contributed by atoms with E-state index in [9.17, 15) is 4.79 Å². The minimum Gasteiger partial charge on any atom is -0.397 e. The van der Waals surface area contributed by atoms with E-state index in [1.54, 1.807) is 6.07 Å². The van der Waals surface area contributed by atoms with Crippen LogP contribution in [0.5, 0.6) is 0 Å². The summed E-state index contributed by atoms with van der Waals surface area (Å²) < 4.78 is 0.935. The number of aromatic nitrogens is 1. The maximum absolute atomic E-state index is 11.2. The predicted molar refractivity (Wildman–Crippen MR) is 84.6 cm³/mol. The van der Waals surface area contributed by atoms with Crippen LogP contribution < -0.4 is 16.8 Å². The molecule has 98 valence electrons. The largest absolute Gasteiger partial charge is 0.397 e. The Hall–Kier alpha value is -1.54. The Labute approximate surface area is 128 Å². The molecule has 0 saturated heterocycles. The maximum Gasteiger partial charge on any atom is 0.250 e. The molecule has 0 atom stereocenters. The van der Waals surface area contributed by atoms with E-state index in [1.165, 1.54) is 12.3 Å². The number of hydrogen-bond donors (Lipinski definition) is 3. The third-order valence-corrected chi connectivity index (χ3v) is 3.52. The van der Waals surface area contributed by atoms with Crippen LogP contribution >= 0.6 is 34.2 Å². The highest BCUT2D eigenvalue weighted by Gasteiger charge is 2.09. The summed E-state index contributed by atoms with van der Waals surface area (Å²) in [5, 5.41) is 3.73. The van der Waals surface area contributed by atoms with E-state index in [0.29, 0.717) is 10.8 Å². The third-order valence-electron chi connectivity index (χ3n) is 2.39. The van der Waals surface area contributed by atoms with Crippen LogP contribution in [0.15, 0.2) is 30.5 Å². The lowest BCUT2D eigenvalue weighted by molar-refractivity contribution is 0.100. The molecule has 1 aromatic heterocycles. The van der Waals surface area contributed by atoms with E-state index < -0.39 is 5.91 Å². The van der Waals surface area contributed by atoms with Crippen molar-refractivity contribution in [1.29, 1.82) is 0 Å². The molecule has 7 heteroatoms. The van der Waals surface area contributed by atoms with Gasteiger partial charge in [-0.3, -0.25) is 4.79 Å². The van der Waals surface area contributed by atoms with Crippen molar-refractivity contribution in [2.75, 3.05) is 11.1 Å². The van der Waals surface area contributed by atoms with Crippen molar-refractivity contribution in [3.63, 3.8) is 0 Å². The van der Waals surface area contributed by atoms with Crippen molar-refractivity contribution >= 4 is 57.3 Å². The normalized spacial score (nSPS) is 10.2. The van der Waals surface area contributed by atoms with Gasteiger partial charge in [0.05, 0.1) is 23.1 Å². The Morgan fingerprint density at radius 1 is 1.37 bits per heavy atom. The van der Waals surface area contributed by atoms with Gasteiger partial charge in [0.25, 0.3) is 5.91 Å². The molecule has 2 rings (SSSR count). The molecule has 0 saturated carbocycles. The van der Waals surface area contributed by atoms with E-state index in [-0.39, 0.29) is 11.3 Å². The van der Waals surface area contributed by atoms with Crippen LogP contribution in [-0.4, -0.2) is 10.9 Å². The van der Waals surface area contributed by atoms with Gasteiger partial charge < -0.3 is 16.8 Å². The van der Waals surface area contributed by atoms with Gasteiger partial charge in [0.1, 0.15) is 5.82 Å². The highest BCUT2D eigenvalue weighted by atomic mass is 127. The van der Waals surface area contributed by atoms with Crippen LogP contribution in [0.3, 0.4) is 0 Å². The molecular weight excluding hydrogens is 379 g/mol. The summed E-state index contributed by atoms with van der Waals surface area (Å²) in [7, 11) is 0. The summed E-state index contributed by atoms with van der Waals surface area (Å²) in [6.45, 7) is 0. The molecular formula is C12H10ClIN4O. The number of hydrogen-bond acceptors (Lipinski definition) is 4. The standard InChI is InChI=1S/C12H10ClIN4O/c13-6-1-2-10(8(14)3-6)18-11-4-7(12(16)19)9(15)5-17-11/h1-5H,15H2,(H2,16,19)(H,17,18). The molecule has 19 heavy (non-hydrogen) atoms. The Morgan fingerprint density at radius 3 is 2.74 bits per heavy atom. The number of rotatable bonds is 3. The molecule has 0 radical (unpaired) electrons. The van der Waals surface area contributed by atoms with Crippen molar-refractivity contribution in [3.8, 4) is 0 Å². The van der Waals surface area contributed by atoms with Crippen molar-refractivity contribution in [2.24, 2.45) is 5.73 Å².